The van der Waals surface area contributed by atoms with Crippen molar-refractivity contribution in [3.8, 4) is 0 Å². The number of fused-ring (bicyclic) bond motifs is 1. The molecule has 0 bridgehead atoms. The molecular formula is C12H11N. The summed E-state index contributed by atoms with van der Waals surface area (Å²) in [4.78, 5) is 4.25. The maximum atomic E-state index is 4.25. The number of hydrogen-bond donors (Lipinski definition) is 0. The molecule has 13 heavy (non-hydrogen) atoms. The van der Waals surface area contributed by atoms with E-state index in [1.807, 2.05) is 25.3 Å². The predicted molar refractivity (Wildman–Crippen MR) is 56.5 cm³/mol. The molecule has 64 valence electrons. The van der Waals surface area contributed by atoms with E-state index in [1.165, 1.54) is 10.9 Å². The molecule has 0 saturated heterocycles. The first-order valence-corrected chi connectivity index (χ1v) is 4.28. The van der Waals surface area contributed by atoms with Crippen LogP contribution in [0.5, 0.6) is 0 Å². The second-order valence-corrected chi connectivity index (χ2v) is 3.19. The molecule has 1 aromatic carbocycles. The zero-order valence-electron chi connectivity index (χ0n) is 7.62. The largest absolute Gasteiger partial charge is 0.256 e. The summed E-state index contributed by atoms with van der Waals surface area (Å²) >= 11 is 0. The summed E-state index contributed by atoms with van der Waals surface area (Å²) in [6, 6.07) is 10.2. The van der Waals surface area contributed by atoms with E-state index in [1.54, 1.807) is 0 Å². The summed E-state index contributed by atoms with van der Waals surface area (Å²) in [5.74, 6) is 0. The number of pyridine rings is 1. The van der Waals surface area contributed by atoms with E-state index in [-0.39, 0.29) is 0 Å². The molecule has 1 nitrogen and oxygen atoms in total. The SMILES string of the molecule is C=C(C)c1ccc2ncccc2c1. The molecule has 0 amide bonds. The monoisotopic (exact) mass is 169 g/mol. The molecule has 0 N–H and O–H groups in total. The molecule has 0 saturated carbocycles. The molecule has 0 atom stereocenters. The quantitative estimate of drug-likeness (QED) is 0.638. The highest BCUT2D eigenvalue weighted by Gasteiger charge is 1.96. The number of nitrogens with zero attached hydrogens (tertiary/aromatic N) is 1. The van der Waals surface area contributed by atoms with Crippen LogP contribution in [0.1, 0.15) is 12.5 Å². The number of rotatable bonds is 1. The summed E-state index contributed by atoms with van der Waals surface area (Å²) in [7, 11) is 0. The smallest absolute Gasteiger partial charge is 0.0702 e. The van der Waals surface area contributed by atoms with E-state index in [0.29, 0.717) is 0 Å². The Morgan fingerprint density at radius 3 is 2.92 bits per heavy atom. The lowest BCUT2D eigenvalue weighted by molar-refractivity contribution is 1.41. The molecular weight excluding hydrogens is 158 g/mol. The summed E-state index contributed by atoms with van der Waals surface area (Å²) < 4.78 is 0. The zero-order chi connectivity index (χ0) is 9.26. The van der Waals surface area contributed by atoms with Crippen LogP contribution in [-0.4, -0.2) is 4.98 Å². The van der Waals surface area contributed by atoms with Gasteiger partial charge < -0.3 is 0 Å². The third-order valence-electron chi connectivity index (χ3n) is 2.10. The maximum Gasteiger partial charge on any atom is 0.0702 e. The van der Waals surface area contributed by atoms with E-state index in [9.17, 15) is 0 Å². The lowest BCUT2D eigenvalue weighted by Gasteiger charge is -2.01. The minimum Gasteiger partial charge on any atom is -0.256 e. The van der Waals surface area contributed by atoms with Gasteiger partial charge in [-0.2, -0.15) is 0 Å². The molecule has 0 spiro atoms. The van der Waals surface area contributed by atoms with Crippen molar-refractivity contribution < 1.29 is 0 Å². The molecule has 0 radical (unpaired) electrons. The summed E-state index contributed by atoms with van der Waals surface area (Å²) in [6.45, 7) is 5.92. The van der Waals surface area contributed by atoms with Gasteiger partial charge in [0.05, 0.1) is 5.52 Å². The van der Waals surface area contributed by atoms with E-state index < -0.39 is 0 Å². The number of benzene rings is 1. The minimum atomic E-state index is 1.03. The molecule has 0 unspecified atom stereocenters. The van der Waals surface area contributed by atoms with Gasteiger partial charge in [0.15, 0.2) is 0 Å². The van der Waals surface area contributed by atoms with Crippen molar-refractivity contribution in [2.24, 2.45) is 0 Å². The average molecular weight is 169 g/mol. The predicted octanol–water partition coefficient (Wildman–Crippen LogP) is 3.27. The number of allylic oxidation sites excluding steroid dienone is 1. The molecule has 0 fully saturated rings. The van der Waals surface area contributed by atoms with Crippen molar-refractivity contribution in [3.05, 3.63) is 48.7 Å². The van der Waals surface area contributed by atoms with Crippen LogP contribution in [0.3, 0.4) is 0 Å². The molecule has 0 aliphatic heterocycles. The molecule has 1 heterocycles. The van der Waals surface area contributed by atoms with Crippen LogP contribution in [0.2, 0.25) is 0 Å². The summed E-state index contributed by atoms with van der Waals surface area (Å²) in [6.07, 6.45) is 1.81. The molecule has 0 aliphatic rings. The van der Waals surface area contributed by atoms with E-state index in [4.69, 9.17) is 0 Å². The van der Waals surface area contributed by atoms with E-state index in [2.05, 4.69) is 29.8 Å². The van der Waals surface area contributed by atoms with Crippen LogP contribution in [0.25, 0.3) is 16.5 Å². The summed E-state index contributed by atoms with van der Waals surface area (Å²) in [5.41, 5.74) is 3.30. The van der Waals surface area contributed by atoms with Crippen molar-refractivity contribution in [2.75, 3.05) is 0 Å². The van der Waals surface area contributed by atoms with Crippen molar-refractivity contribution in [3.63, 3.8) is 0 Å². The maximum absolute atomic E-state index is 4.25. The standard InChI is InChI=1S/C12H11N/c1-9(2)10-5-6-12-11(8-10)4-3-7-13-12/h3-8H,1H2,2H3. The first-order chi connectivity index (χ1) is 6.27. The molecule has 1 heteroatoms. The van der Waals surface area contributed by atoms with Crippen LogP contribution in [0, 0.1) is 0 Å². The van der Waals surface area contributed by atoms with Crippen LogP contribution in [0.15, 0.2) is 43.1 Å². The lowest BCUT2D eigenvalue weighted by Crippen LogP contribution is -1.80. The van der Waals surface area contributed by atoms with Gasteiger partial charge in [0.1, 0.15) is 0 Å². The Balaban J connectivity index is 2.69. The normalized spacial score (nSPS) is 10.2. The van der Waals surface area contributed by atoms with Crippen molar-refractivity contribution >= 4 is 16.5 Å². The number of aromatic nitrogens is 1. The van der Waals surface area contributed by atoms with Gasteiger partial charge in [-0.3, -0.25) is 4.98 Å². The van der Waals surface area contributed by atoms with Crippen LogP contribution in [-0.2, 0) is 0 Å². The van der Waals surface area contributed by atoms with Gasteiger partial charge in [-0.15, -0.1) is 0 Å². The Morgan fingerprint density at radius 2 is 2.15 bits per heavy atom. The number of hydrogen-bond acceptors (Lipinski definition) is 1. The fraction of sp³-hybridized carbons (Fsp3) is 0.0833. The summed E-state index contributed by atoms with van der Waals surface area (Å²) in [5, 5.41) is 1.17. The molecule has 0 aliphatic carbocycles. The van der Waals surface area contributed by atoms with Crippen LogP contribution >= 0.6 is 0 Å². The van der Waals surface area contributed by atoms with Gasteiger partial charge in [-0.1, -0.05) is 24.3 Å². The Hall–Kier alpha value is -1.63. The highest BCUT2D eigenvalue weighted by Crippen LogP contribution is 2.17. The average Bonchev–Trinajstić information content (AvgIpc) is 2.17. The van der Waals surface area contributed by atoms with Gasteiger partial charge >= 0.3 is 0 Å². The lowest BCUT2D eigenvalue weighted by atomic mass is 10.1. The van der Waals surface area contributed by atoms with Crippen molar-refractivity contribution in [1.82, 2.24) is 4.98 Å². The second kappa shape index (κ2) is 3.02. The molecule has 2 rings (SSSR count). The Kier molecular flexibility index (Phi) is 1.85. The molecule has 1 aromatic heterocycles. The van der Waals surface area contributed by atoms with Gasteiger partial charge in [-0.25, -0.2) is 0 Å². The first-order valence-electron chi connectivity index (χ1n) is 4.28. The van der Waals surface area contributed by atoms with Gasteiger partial charge in [0, 0.05) is 11.6 Å². The van der Waals surface area contributed by atoms with Crippen LogP contribution in [0.4, 0.5) is 0 Å². The van der Waals surface area contributed by atoms with E-state index >= 15 is 0 Å². The van der Waals surface area contributed by atoms with Gasteiger partial charge in [0.25, 0.3) is 0 Å². The molecule has 2 aromatic rings. The second-order valence-electron chi connectivity index (χ2n) is 3.19. The minimum absolute atomic E-state index is 1.03. The highest BCUT2D eigenvalue weighted by molar-refractivity contribution is 5.82. The van der Waals surface area contributed by atoms with Crippen molar-refractivity contribution in [2.45, 2.75) is 6.92 Å². The van der Waals surface area contributed by atoms with E-state index in [0.717, 1.165) is 11.1 Å². The Bertz CT molecular complexity index is 457. The highest BCUT2D eigenvalue weighted by atomic mass is 14.6. The van der Waals surface area contributed by atoms with Crippen molar-refractivity contribution in [1.29, 1.82) is 0 Å². The zero-order valence-corrected chi connectivity index (χ0v) is 7.62. The fourth-order valence-corrected chi connectivity index (χ4v) is 1.34. The van der Waals surface area contributed by atoms with Gasteiger partial charge in [0.2, 0.25) is 0 Å². The topological polar surface area (TPSA) is 12.9 Å². The first kappa shape index (κ1) is 7.99. The fourth-order valence-electron chi connectivity index (χ4n) is 1.34. The third kappa shape index (κ3) is 1.45. The van der Waals surface area contributed by atoms with Crippen LogP contribution < -0.4 is 0 Å². The Labute approximate surface area is 77.7 Å². The van der Waals surface area contributed by atoms with Gasteiger partial charge in [-0.05, 0) is 30.7 Å². The third-order valence-corrected chi connectivity index (χ3v) is 2.10. The Morgan fingerprint density at radius 1 is 1.31 bits per heavy atom.